The zero-order valence-electron chi connectivity index (χ0n) is 17.2. The second-order valence-electron chi connectivity index (χ2n) is 8.13. The Balaban J connectivity index is 1.36. The topological polar surface area (TPSA) is 61.9 Å². The number of methoxy groups -OCH3 is 1. The van der Waals surface area contributed by atoms with Gasteiger partial charge in [-0.1, -0.05) is 18.2 Å². The van der Waals surface area contributed by atoms with Gasteiger partial charge in [0.15, 0.2) is 0 Å². The van der Waals surface area contributed by atoms with Crippen molar-refractivity contribution in [2.24, 2.45) is 5.92 Å². The molecule has 2 fully saturated rings. The Morgan fingerprint density at radius 1 is 1.25 bits per heavy atom. The number of piperidine rings is 1. The van der Waals surface area contributed by atoms with Crippen molar-refractivity contribution in [3.05, 3.63) is 29.8 Å². The van der Waals surface area contributed by atoms with E-state index in [2.05, 4.69) is 22.3 Å². The van der Waals surface area contributed by atoms with E-state index in [0.717, 1.165) is 57.6 Å². The molecule has 3 rings (SSSR count). The van der Waals surface area contributed by atoms with Crippen LogP contribution in [0.15, 0.2) is 24.3 Å². The van der Waals surface area contributed by atoms with Crippen molar-refractivity contribution in [2.45, 2.75) is 44.6 Å². The summed E-state index contributed by atoms with van der Waals surface area (Å²) in [5, 5.41) is 2.88. The summed E-state index contributed by atoms with van der Waals surface area (Å²) in [7, 11) is 3.62. The Morgan fingerprint density at radius 3 is 2.68 bits per heavy atom. The van der Waals surface area contributed by atoms with Crippen LogP contribution in [0.25, 0.3) is 0 Å². The molecule has 1 aromatic carbocycles. The summed E-state index contributed by atoms with van der Waals surface area (Å²) in [6.07, 6.45) is 5.02. The van der Waals surface area contributed by atoms with Gasteiger partial charge in [-0.05, 0) is 56.3 Å². The highest BCUT2D eigenvalue weighted by Crippen LogP contribution is 2.22. The van der Waals surface area contributed by atoms with Crippen molar-refractivity contribution < 1.29 is 14.3 Å². The Morgan fingerprint density at radius 2 is 2.00 bits per heavy atom. The summed E-state index contributed by atoms with van der Waals surface area (Å²) in [4.78, 5) is 28.1. The normalized spacial score (nSPS) is 20.8. The molecule has 28 heavy (non-hydrogen) atoms. The molecule has 0 bridgehead atoms. The molecule has 154 valence electrons. The fraction of sp³-hybridized carbons (Fsp3) is 0.636. The lowest BCUT2D eigenvalue weighted by Crippen LogP contribution is -2.41. The fourth-order valence-electron chi connectivity index (χ4n) is 4.27. The molecule has 1 atom stereocenters. The van der Waals surface area contributed by atoms with Crippen LogP contribution in [0.4, 0.5) is 0 Å². The lowest BCUT2D eigenvalue weighted by Gasteiger charge is -2.34. The Labute approximate surface area is 168 Å². The van der Waals surface area contributed by atoms with Crippen LogP contribution < -0.4 is 10.1 Å². The molecule has 6 heteroatoms. The number of amides is 2. The van der Waals surface area contributed by atoms with E-state index < -0.39 is 0 Å². The standard InChI is InChI=1S/C22H33N3O3/c1-24(22(27)15-19-7-8-21(26)23-19)16-17-9-12-25(13-10-17)14-11-18-5-3-4-6-20(18)28-2/h3-6,17,19H,7-16H2,1-2H3,(H,23,26)/t19-/m0/s1. The molecule has 0 unspecified atom stereocenters. The molecule has 2 aliphatic heterocycles. The lowest BCUT2D eigenvalue weighted by molar-refractivity contribution is -0.131. The first-order valence-electron chi connectivity index (χ1n) is 10.4. The van der Waals surface area contributed by atoms with Gasteiger partial charge in [0.2, 0.25) is 11.8 Å². The predicted octanol–water partition coefficient (Wildman–Crippen LogP) is 2.08. The molecule has 2 heterocycles. The molecule has 0 radical (unpaired) electrons. The van der Waals surface area contributed by atoms with E-state index in [4.69, 9.17) is 4.74 Å². The number of hydrogen-bond donors (Lipinski definition) is 1. The Bertz CT molecular complexity index is 671. The van der Waals surface area contributed by atoms with Gasteiger partial charge in [0.1, 0.15) is 5.75 Å². The van der Waals surface area contributed by atoms with Crippen LogP contribution in [0.3, 0.4) is 0 Å². The highest BCUT2D eigenvalue weighted by Gasteiger charge is 2.26. The summed E-state index contributed by atoms with van der Waals surface area (Å²) in [6.45, 7) is 4.03. The molecule has 0 aliphatic carbocycles. The summed E-state index contributed by atoms with van der Waals surface area (Å²) in [5.41, 5.74) is 1.26. The third kappa shape index (κ3) is 5.71. The van der Waals surface area contributed by atoms with E-state index in [1.54, 1.807) is 7.11 Å². The quantitative estimate of drug-likeness (QED) is 0.742. The van der Waals surface area contributed by atoms with Gasteiger partial charge in [0, 0.05) is 39.0 Å². The third-order valence-electron chi connectivity index (χ3n) is 6.06. The van der Waals surface area contributed by atoms with E-state index >= 15 is 0 Å². The maximum atomic E-state index is 12.4. The number of carbonyl (C=O) groups is 2. The minimum atomic E-state index is 0.0271. The molecule has 2 amide bonds. The Kier molecular flexibility index (Phi) is 7.31. The first kappa shape index (κ1) is 20.6. The van der Waals surface area contributed by atoms with Gasteiger partial charge in [-0.2, -0.15) is 0 Å². The van der Waals surface area contributed by atoms with Crippen molar-refractivity contribution in [1.29, 1.82) is 0 Å². The van der Waals surface area contributed by atoms with Crippen LogP contribution in [0.2, 0.25) is 0 Å². The summed E-state index contributed by atoms with van der Waals surface area (Å²) in [6, 6.07) is 8.25. The van der Waals surface area contributed by atoms with Crippen molar-refractivity contribution in [1.82, 2.24) is 15.1 Å². The minimum absolute atomic E-state index is 0.0271. The number of carbonyl (C=O) groups excluding carboxylic acids is 2. The fourth-order valence-corrected chi connectivity index (χ4v) is 4.27. The molecule has 1 N–H and O–H groups in total. The molecule has 0 spiro atoms. The van der Waals surface area contributed by atoms with Gasteiger partial charge in [0.05, 0.1) is 7.11 Å². The average Bonchev–Trinajstić information content (AvgIpc) is 3.12. The first-order chi connectivity index (χ1) is 13.5. The molecule has 6 nitrogen and oxygen atoms in total. The third-order valence-corrected chi connectivity index (χ3v) is 6.06. The van der Waals surface area contributed by atoms with Gasteiger partial charge in [-0.3, -0.25) is 9.59 Å². The maximum Gasteiger partial charge on any atom is 0.224 e. The van der Waals surface area contributed by atoms with E-state index in [1.807, 2.05) is 24.1 Å². The van der Waals surface area contributed by atoms with Crippen LogP contribution in [0.5, 0.6) is 5.75 Å². The lowest BCUT2D eigenvalue weighted by atomic mass is 9.95. The van der Waals surface area contributed by atoms with Gasteiger partial charge in [-0.15, -0.1) is 0 Å². The van der Waals surface area contributed by atoms with Crippen LogP contribution in [0, 0.1) is 5.92 Å². The van der Waals surface area contributed by atoms with Crippen molar-refractivity contribution in [3.8, 4) is 5.75 Å². The molecule has 0 saturated carbocycles. The number of rotatable bonds is 8. The van der Waals surface area contributed by atoms with E-state index in [0.29, 0.717) is 18.8 Å². The number of likely N-dealkylation sites (tertiary alicyclic amines) is 1. The van der Waals surface area contributed by atoms with Gasteiger partial charge >= 0.3 is 0 Å². The molecule has 0 aromatic heterocycles. The van der Waals surface area contributed by atoms with E-state index in [9.17, 15) is 9.59 Å². The SMILES string of the molecule is COc1ccccc1CCN1CCC(CN(C)C(=O)C[C@@H]2CCC(=O)N2)CC1. The molecular formula is C22H33N3O3. The minimum Gasteiger partial charge on any atom is -0.496 e. The van der Waals surface area contributed by atoms with Crippen molar-refractivity contribution in [3.63, 3.8) is 0 Å². The smallest absolute Gasteiger partial charge is 0.224 e. The number of nitrogens with one attached hydrogen (secondary N) is 1. The Hall–Kier alpha value is -2.08. The monoisotopic (exact) mass is 387 g/mol. The van der Waals surface area contributed by atoms with E-state index in [1.165, 1.54) is 5.56 Å². The second-order valence-corrected chi connectivity index (χ2v) is 8.13. The highest BCUT2D eigenvalue weighted by molar-refractivity contribution is 5.81. The van der Waals surface area contributed by atoms with Crippen molar-refractivity contribution >= 4 is 11.8 Å². The van der Waals surface area contributed by atoms with Gasteiger partial charge in [0.25, 0.3) is 0 Å². The van der Waals surface area contributed by atoms with Gasteiger partial charge in [-0.25, -0.2) is 0 Å². The number of para-hydroxylation sites is 1. The number of hydrogen-bond acceptors (Lipinski definition) is 4. The van der Waals surface area contributed by atoms with Crippen molar-refractivity contribution in [2.75, 3.05) is 40.3 Å². The molecule has 2 saturated heterocycles. The first-order valence-corrected chi connectivity index (χ1v) is 10.4. The summed E-state index contributed by atoms with van der Waals surface area (Å²) < 4.78 is 5.44. The molecular weight excluding hydrogens is 354 g/mol. The van der Waals surface area contributed by atoms with Crippen LogP contribution >= 0.6 is 0 Å². The number of ether oxygens (including phenoxy) is 1. The zero-order chi connectivity index (χ0) is 19.9. The largest absolute Gasteiger partial charge is 0.496 e. The van der Waals surface area contributed by atoms with Crippen LogP contribution in [-0.4, -0.2) is 68.0 Å². The van der Waals surface area contributed by atoms with Crippen LogP contribution in [-0.2, 0) is 16.0 Å². The number of benzene rings is 1. The van der Waals surface area contributed by atoms with Gasteiger partial charge < -0.3 is 19.9 Å². The summed E-state index contributed by atoms with van der Waals surface area (Å²) >= 11 is 0. The number of nitrogens with zero attached hydrogens (tertiary/aromatic N) is 2. The highest BCUT2D eigenvalue weighted by atomic mass is 16.5. The predicted molar refractivity (Wildman–Crippen MR) is 109 cm³/mol. The summed E-state index contributed by atoms with van der Waals surface area (Å²) in [5.74, 6) is 1.75. The van der Waals surface area contributed by atoms with E-state index in [-0.39, 0.29) is 17.9 Å². The molecule has 1 aromatic rings. The zero-order valence-corrected chi connectivity index (χ0v) is 17.2. The second kappa shape index (κ2) is 9.92. The maximum absolute atomic E-state index is 12.4. The molecule has 2 aliphatic rings. The average molecular weight is 388 g/mol. The van der Waals surface area contributed by atoms with Crippen LogP contribution in [0.1, 0.15) is 37.7 Å².